The second-order valence-electron chi connectivity index (χ2n) is 8.20. The minimum Gasteiger partial charge on any atom is -0.495 e. The van der Waals surface area contributed by atoms with Crippen molar-refractivity contribution in [3.63, 3.8) is 0 Å². The van der Waals surface area contributed by atoms with E-state index in [-0.39, 0.29) is 28.2 Å². The summed E-state index contributed by atoms with van der Waals surface area (Å²) >= 11 is 0. The van der Waals surface area contributed by atoms with E-state index in [2.05, 4.69) is 4.72 Å². The summed E-state index contributed by atoms with van der Waals surface area (Å²) in [6.45, 7) is 8.92. The molecule has 8 nitrogen and oxygen atoms in total. The van der Waals surface area contributed by atoms with E-state index in [0.29, 0.717) is 31.2 Å². The monoisotopic (exact) mass is 492 g/mol. The molecule has 1 N–H and O–H groups in total. The molecule has 0 fully saturated rings. The maximum Gasteiger partial charge on any atom is 0.254 e. The third-order valence-electron chi connectivity index (χ3n) is 4.93. The van der Waals surface area contributed by atoms with Gasteiger partial charge in [0, 0.05) is 24.7 Å². The van der Waals surface area contributed by atoms with Crippen LogP contribution in [0.3, 0.4) is 0 Å². The van der Waals surface area contributed by atoms with Gasteiger partial charge in [-0.2, -0.15) is 0 Å². The Morgan fingerprint density at radius 2 is 1.65 bits per heavy atom. The average Bonchev–Trinajstić information content (AvgIpc) is 2.81. The molecule has 2 rings (SSSR count). The Bertz CT molecular complexity index is 1070. The highest BCUT2D eigenvalue weighted by molar-refractivity contribution is 7.89. The van der Waals surface area contributed by atoms with Crippen molar-refractivity contribution in [2.75, 3.05) is 27.4 Å². The second kappa shape index (κ2) is 12.6. The van der Waals surface area contributed by atoms with Gasteiger partial charge in [-0.05, 0) is 62.6 Å². The number of methoxy groups -OCH3 is 2. The lowest BCUT2D eigenvalue weighted by molar-refractivity contribution is 0.0742. The van der Waals surface area contributed by atoms with Gasteiger partial charge in [-0.3, -0.25) is 4.79 Å². The van der Waals surface area contributed by atoms with Crippen molar-refractivity contribution in [1.29, 1.82) is 0 Å². The molecule has 0 aliphatic rings. The molecule has 0 saturated carbocycles. The SMILES string of the molecule is CCCOc1ccc(CN(CCC)C(=O)c2ccc(OC)c(S(=O)(=O)NC(C)C)c2)cc1OC. The van der Waals surface area contributed by atoms with Crippen molar-refractivity contribution < 1.29 is 27.4 Å². The van der Waals surface area contributed by atoms with Gasteiger partial charge in [0.15, 0.2) is 11.5 Å². The first kappa shape index (κ1) is 27.5. The molecule has 0 bridgehead atoms. The fourth-order valence-electron chi connectivity index (χ4n) is 3.46. The lowest BCUT2D eigenvalue weighted by atomic mass is 10.1. The van der Waals surface area contributed by atoms with E-state index in [1.807, 2.05) is 32.0 Å². The molecule has 0 spiro atoms. The number of amides is 1. The smallest absolute Gasteiger partial charge is 0.254 e. The Hall–Kier alpha value is -2.78. The molecule has 2 aromatic carbocycles. The fourth-order valence-corrected chi connectivity index (χ4v) is 4.91. The van der Waals surface area contributed by atoms with E-state index < -0.39 is 10.0 Å². The summed E-state index contributed by atoms with van der Waals surface area (Å²) in [6.07, 6.45) is 1.63. The molecule has 0 aromatic heterocycles. The minimum atomic E-state index is -3.85. The highest BCUT2D eigenvalue weighted by Crippen LogP contribution is 2.30. The molecule has 0 radical (unpaired) electrons. The lowest BCUT2D eigenvalue weighted by Gasteiger charge is -2.23. The number of nitrogens with zero attached hydrogens (tertiary/aromatic N) is 1. The quantitative estimate of drug-likeness (QED) is 0.450. The summed E-state index contributed by atoms with van der Waals surface area (Å²) < 4.78 is 44.6. The van der Waals surface area contributed by atoms with E-state index in [1.54, 1.807) is 31.9 Å². The number of benzene rings is 2. The largest absolute Gasteiger partial charge is 0.495 e. The highest BCUT2D eigenvalue weighted by atomic mass is 32.2. The van der Waals surface area contributed by atoms with Gasteiger partial charge in [0.05, 0.1) is 20.8 Å². The van der Waals surface area contributed by atoms with Gasteiger partial charge in [0.1, 0.15) is 10.6 Å². The van der Waals surface area contributed by atoms with Gasteiger partial charge in [0.2, 0.25) is 10.0 Å². The summed E-state index contributed by atoms with van der Waals surface area (Å²) in [5, 5.41) is 0. The van der Waals surface area contributed by atoms with E-state index in [9.17, 15) is 13.2 Å². The molecule has 0 atom stereocenters. The van der Waals surface area contributed by atoms with Crippen LogP contribution >= 0.6 is 0 Å². The van der Waals surface area contributed by atoms with Crippen LogP contribution in [0.25, 0.3) is 0 Å². The van der Waals surface area contributed by atoms with Crippen molar-refractivity contribution in [3.8, 4) is 17.2 Å². The maximum atomic E-state index is 13.4. The topological polar surface area (TPSA) is 94.2 Å². The first-order chi connectivity index (χ1) is 16.2. The normalized spacial score (nSPS) is 11.4. The average molecular weight is 493 g/mol. The molecule has 0 aliphatic heterocycles. The van der Waals surface area contributed by atoms with Crippen LogP contribution in [0.1, 0.15) is 56.5 Å². The van der Waals surface area contributed by atoms with Crippen LogP contribution in [0, 0.1) is 0 Å². The molecule has 1 amide bonds. The van der Waals surface area contributed by atoms with E-state index in [1.165, 1.54) is 19.2 Å². The number of hydrogen-bond donors (Lipinski definition) is 1. The van der Waals surface area contributed by atoms with E-state index in [0.717, 1.165) is 18.4 Å². The summed E-state index contributed by atoms with van der Waals surface area (Å²) in [4.78, 5) is 15.0. The van der Waals surface area contributed by atoms with Crippen molar-refractivity contribution in [3.05, 3.63) is 47.5 Å². The molecule has 0 heterocycles. The van der Waals surface area contributed by atoms with Crippen LogP contribution in [0.5, 0.6) is 17.2 Å². The molecule has 34 heavy (non-hydrogen) atoms. The number of carbonyl (C=O) groups is 1. The summed E-state index contributed by atoms with van der Waals surface area (Å²) in [6, 6.07) is 9.77. The maximum absolute atomic E-state index is 13.4. The summed E-state index contributed by atoms with van der Waals surface area (Å²) in [5.74, 6) is 1.17. The Morgan fingerprint density at radius 3 is 2.24 bits per heavy atom. The van der Waals surface area contributed by atoms with Gasteiger partial charge < -0.3 is 19.1 Å². The fraction of sp³-hybridized carbons (Fsp3) is 0.480. The molecular formula is C25H36N2O6S. The van der Waals surface area contributed by atoms with E-state index >= 15 is 0 Å². The summed E-state index contributed by atoms with van der Waals surface area (Å²) in [7, 11) is -0.873. The number of rotatable bonds is 13. The number of sulfonamides is 1. The molecule has 9 heteroatoms. The lowest BCUT2D eigenvalue weighted by Crippen LogP contribution is -2.32. The van der Waals surface area contributed by atoms with Crippen LogP contribution in [0.2, 0.25) is 0 Å². The van der Waals surface area contributed by atoms with Gasteiger partial charge in [-0.25, -0.2) is 13.1 Å². The van der Waals surface area contributed by atoms with Crippen LogP contribution in [0.15, 0.2) is 41.3 Å². The third-order valence-corrected chi connectivity index (χ3v) is 6.61. The van der Waals surface area contributed by atoms with Crippen molar-refractivity contribution in [2.45, 2.75) is 58.0 Å². The van der Waals surface area contributed by atoms with Crippen molar-refractivity contribution in [2.24, 2.45) is 0 Å². The molecule has 2 aromatic rings. The number of nitrogens with one attached hydrogen (secondary N) is 1. The Labute approximate surface area is 203 Å². The number of ether oxygens (including phenoxy) is 3. The van der Waals surface area contributed by atoms with Gasteiger partial charge in [-0.15, -0.1) is 0 Å². The first-order valence-corrected chi connectivity index (χ1v) is 12.9. The molecule has 0 aliphatic carbocycles. The zero-order valence-electron chi connectivity index (χ0n) is 20.9. The predicted molar refractivity (Wildman–Crippen MR) is 132 cm³/mol. The van der Waals surface area contributed by atoms with E-state index in [4.69, 9.17) is 14.2 Å². The predicted octanol–water partition coefficient (Wildman–Crippen LogP) is 4.23. The Balaban J connectivity index is 2.37. The zero-order chi connectivity index (χ0) is 25.3. The van der Waals surface area contributed by atoms with Crippen LogP contribution in [-0.2, 0) is 16.6 Å². The third kappa shape index (κ3) is 7.11. The molecule has 0 unspecified atom stereocenters. The van der Waals surface area contributed by atoms with Gasteiger partial charge >= 0.3 is 0 Å². The summed E-state index contributed by atoms with van der Waals surface area (Å²) in [5.41, 5.74) is 1.15. The standard InChI is InChI=1S/C25H36N2O6S/c1-7-13-27(17-19-9-11-21(33-14-8-2)23(15-19)32-6)25(28)20-10-12-22(31-5)24(16-20)34(29,30)26-18(3)4/h9-12,15-16,18,26H,7-8,13-14,17H2,1-6H3. The number of hydrogen-bond acceptors (Lipinski definition) is 6. The van der Waals surface area contributed by atoms with Crippen LogP contribution in [-0.4, -0.2) is 52.6 Å². The van der Waals surface area contributed by atoms with Crippen molar-refractivity contribution in [1.82, 2.24) is 9.62 Å². The molecular weight excluding hydrogens is 456 g/mol. The van der Waals surface area contributed by atoms with Gasteiger partial charge in [-0.1, -0.05) is 19.9 Å². The van der Waals surface area contributed by atoms with Crippen LogP contribution < -0.4 is 18.9 Å². The molecule has 188 valence electrons. The highest BCUT2D eigenvalue weighted by Gasteiger charge is 2.24. The molecule has 0 saturated heterocycles. The minimum absolute atomic E-state index is 0.0647. The van der Waals surface area contributed by atoms with Crippen LogP contribution in [0.4, 0.5) is 0 Å². The Kier molecular flexibility index (Phi) is 10.2. The zero-order valence-corrected chi connectivity index (χ0v) is 21.7. The Morgan fingerprint density at radius 1 is 0.971 bits per heavy atom. The second-order valence-corrected chi connectivity index (χ2v) is 9.88. The van der Waals surface area contributed by atoms with Gasteiger partial charge in [0.25, 0.3) is 5.91 Å². The number of carbonyl (C=O) groups excluding carboxylic acids is 1. The first-order valence-electron chi connectivity index (χ1n) is 11.5. The van der Waals surface area contributed by atoms with Crippen molar-refractivity contribution >= 4 is 15.9 Å².